The maximum Gasteiger partial charge on any atom is 0.0581 e. The van der Waals surface area contributed by atoms with Crippen molar-refractivity contribution in [3.8, 4) is 0 Å². The first-order valence-electron chi connectivity index (χ1n) is 4.85. The molecule has 0 aliphatic heterocycles. The summed E-state index contributed by atoms with van der Waals surface area (Å²) < 4.78 is 0. The van der Waals surface area contributed by atoms with Gasteiger partial charge >= 0.3 is 0 Å². The van der Waals surface area contributed by atoms with Crippen LogP contribution in [0.5, 0.6) is 0 Å². The average Bonchev–Trinajstić information content (AvgIpc) is 2.25. The van der Waals surface area contributed by atoms with Crippen LogP contribution in [0.2, 0.25) is 0 Å². The summed E-state index contributed by atoms with van der Waals surface area (Å²) in [7, 11) is 0. The maximum absolute atomic E-state index is 8.78. The highest BCUT2D eigenvalue weighted by Crippen LogP contribution is 2.15. The zero-order chi connectivity index (χ0) is 10.2. The zero-order valence-electron chi connectivity index (χ0n) is 8.44. The highest BCUT2D eigenvalue weighted by molar-refractivity contribution is 7.99. The first kappa shape index (κ1) is 11.6. The molecule has 0 radical (unpaired) electrons. The van der Waals surface area contributed by atoms with Crippen LogP contribution in [0.15, 0.2) is 35.2 Å². The molecule has 14 heavy (non-hydrogen) atoms. The SMILES string of the molecule is CC(CO)NCCSc1ccccc1. The Morgan fingerprint density at radius 3 is 2.71 bits per heavy atom. The molecular formula is C11H17NOS. The van der Waals surface area contributed by atoms with Gasteiger partial charge in [-0.2, -0.15) is 0 Å². The standard InChI is InChI=1S/C11H17NOS/c1-10(9-13)12-7-8-14-11-5-3-2-4-6-11/h2-6,10,12-13H,7-9H2,1H3. The summed E-state index contributed by atoms with van der Waals surface area (Å²) in [5.41, 5.74) is 0. The summed E-state index contributed by atoms with van der Waals surface area (Å²) in [5, 5.41) is 12.0. The molecule has 0 aliphatic carbocycles. The van der Waals surface area contributed by atoms with Crippen LogP contribution in [0.25, 0.3) is 0 Å². The van der Waals surface area contributed by atoms with E-state index in [2.05, 4.69) is 17.4 Å². The van der Waals surface area contributed by atoms with E-state index in [4.69, 9.17) is 5.11 Å². The molecule has 0 aromatic heterocycles. The van der Waals surface area contributed by atoms with Gasteiger partial charge in [-0.25, -0.2) is 0 Å². The third kappa shape index (κ3) is 4.65. The number of hydrogen-bond acceptors (Lipinski definition) is 3. The van der Waals surface area contributed by atoms with Gasteiger partial charge in [-0.3, -0.25) is 0 Å². The van der Waals surface area contributed by atoms with Crippen molar-refractivity contribution in [3.05, 3.63) is 30.3 Å². The minimum atomic E-state index is 0.200. The number of benzene rings is 1. The van der Waals surface area contributed by atoms with E-state index in [1.54, 1.807) is 0 Å². The Morgan fingerprint density at radius 1 is 1.36 bits per heavy atom. The Hall–Kier alpha value is -0.510. The highest BCUT2D eigenvalue weighted by Gasteiger charge is 1.97. The molecule has 0 spiro atoms. The number of hydrogen-bond donors (Lipinski definition) is 2. The fourth-order valence-electron chi connectivity index (χ4n) is 1.06. The fourth-order valence-corrected chi connectivity index (χ4v) is 1.86. The second-order valence-corrected chi connectivity index (χ2v) is 4.37. The van der Waals surface area contributed by atoms with Gasteiger partial charge in [0, 0.05) is 23.2 Å². The lowest BCUT2D eigenvalue weighted by Crippen LogP contribution is -2.30. The molecule has 1 atom stereocenters. The van der Waals surface area contributed by atoms with E-state index in [0.29, 0.717) is 0 Å². The largest absolute Gasteiger partial charge is 0.395 e. The van der Waals surface area contributed by atoms with Crippen molar-refractivity contribution in [2.45, 2.75) is 17.9 Å². The number of nitrogens with one attached hydrogen (secondary N) is 1. The van der Waals surface area contributed by atoms with Crippen LogP contribution in [0.1, 0.15) is 6.92 Å². The van der Waals surface area contributed by atoms with E-state index in [0.717, 1.165) is 12.3 Å². The Balaban J connectivity index is 2.10. The summed E-state index contributed by atoms with van der Waals surface area (Å²) in [6.45, 7) is 3.12. The van der Waals surface area contributed by atoms with Crippen molar-refractivity contribution in [1.82, 2.24) is 5.32 Å². The second-order valence-electron chi connectivity index (χ2n) is 3.20. The van der Waals surface area contributed by atoms with E-state index in [-0.39, 0.29) is 12.6 Å². The fraction of sp³-hybridized carbons (Fsp3) is 0.455. The van der Waals surface area contributed by atoms with Gasteiger partial charge in [-0.1, -0.05) is 18.2 Å². The van der Waals surface area contributed by atoms with E-state index in [1.165, 1.54) is 4.90 Å². The number of aliphatic hydroxyl groups is 1. The Bertz CT molecular complexity index is 240. The van der Waals surface area contributed by atoms with Gasteiger partial charge in [-0.05, 0) is 19.1 Å². The molecule has 3 heteroatoms. The smallest absolute Gasteiger partial charge is 0.0581 e. The van der Waals surface area contributed by atoms with Crippen LogP contribution in [0.3, 0.4) is 0 Å². The first-order chi connectivity index (χ1) is 6.83. The Morgan fingerprint density at radius 2 is 2.07 bits per heavy atom. The van der Waals surface area contributed by atoms with Gasteiger partial charge in [0.2, 0.25) is 0 Å². The molecule has 1 unspecified atom stereocenters. The third-order valence-corrected chi connectivity index (χ3v) is 2.89. The minimum absolute atomic E-state index is 0.200. The maximum atomic E-state index is 8.78. The summed E-state index contributed by atoms with van der Waals surface area (Å²) in [5.74, 6) is 1.04. The van der Waals surface area contributed by atoms with Crippen molar-refractivity contribution in [2.75, 3.05) is 18.9 Å². The topological polar surface area (TPSA) is 32.3 Å². The van der Waals surface area contributed by atoms with Crippen LogP contribution >= 0.6 is 11.8 Å². The molecule has 0 saturated heterocycles. The lowest BCUT2D eigenvalue weighted by Gasteiger charge is -2.09. The van der Waals surface area contributed by atoms with E-state index < -0.39 is 0 Å². The van der Waals surface area contributed by atoms with Gasteiger partial charge in [0.1, 0.15) is 0 Å². The van der Waals surface area contributed by atoms with E-state index in [9.17, 15) is 0 Å². The monoisotopic (exact) mass is 211 g/mol. The number of aliphatic hydroxyl groups excluding tert-OH is 1. The van der Waals surface area contributed by atoms with Crippen molar-refractivity contribution >= 4 is 11.8 Å². The zero-order valence-corrected chi connectivity index (χ0v) is 9.26. The number of rotatable bonds is 6. The third-order valence-electron chi connectivity index (χ3n) is 1.88. The van der Waals surface area contributed by atoms with E-state index >= 15 is 0 Å². The summed E-state index contributed by atoms with van der Waals surface area (Å²) in [4.78, 5) is 1.30. The van der Waals surface area contributed by atoms with Crippen LogP contribution in [0.4, 0.5) is 0 Å². The van der Waals surface area contributed by atoms with Crippen LogP contribution in [0, 0.1) is 0 Å². The quantitative estimate of drug-likeness (QED) is 0.555. The van der Waals surface area contributed by atoms with Crippen molar-refractivity contribution in [3.63, 3.8) is 0 Å². The molecule has 2 nitrogen and oxygen atoms in total. The molecule has 1 aromatic carbocycles. The Labute approximate surface area is 89.7 Å². The molecule has 0 fully saturated rings. The molecule has 1 aromatic rings. The average molecular weight is 211 g/mol. The summed E-state index contributed by atoms with van der Waals surface area (Å²) >= 11 is 1.83. The van der Waals surface area contributed by atoms with Gasteiger partial charge in [0.15, 0.2) is 0 Å². The minimum Gasteiger partial charge on any atom is -0.395 e. The van der Waals surface area contributed by atoms with Crippen molar-refractivity contribution in [1.29, 1.82) is 0 Å². The first-order valence-corrected chi connectivity index (χ1v) is 5.83. The van der Waals surface area contributed by atoms with Gasteiger partial charge in [0.05, 0.1) is 6.61 Å². The molecule has 78 valence electrons. The lowest BCUT2D eigenvalue weighted by atomic mass is 10.4. The molecule has 0 saturated carbocycles. The van der Waals surface area contributed by atoms with Crippen LogP contribution in [-0.4, -0.2) is 30.1 Å². The predicted molar refractivity (Wildman–Crippen MR) is 61.7 cm³/mol. The molecule has 0 heterocycles. The molecular weight excluding hydrogens is 194 g/mol. The van der Waals surface area contributed by atoms with Crippen LogP contribution in [-0.2, 0) is 0 Å². The normalized spacial score (nSPS) is 12.7. The summed E-state index contributed by atoms with van der Waals surface area (Å²) in [6.07, 6.45) is 0. The van der Waals surface area contributed by atoms with Gasteiger partial charge < -0.3 is 10.4 Å². The predicted octanol–water partition coefficient (Wildman–Crippen LogP) is 1.75. The Kier molecular flexibility index (Phi) is 5.68. The second kappa shape index (κ2) is 6.87. The molecule has 0 aliphatic rings. The van der Waals surface area contributed by atoms with Crippen molar-refractivity contribution in [2.24, 2.45) is 0 Å². The van der Waals surface area contributed by atoms with Gasteiger partial charge in [-0.15, -0.1) is 11.8 Å². The van der Waals surface area contributed by atoms with Crippen molar-refractivity contribution < 1.29 is 5.11 Å². The van der Waals surface area contributed by atoms with Crippen LogP contribution < -0.4 is 5.32 Å². The molecule has 1 rings (SSSR count). The van der Waals surface area contributed by atoms with Gasteiger partial charge in [0.25, 0.3) is 0 Å². The number of thioether (sulfide) groups is 1. The summed E-state index contributed by atoms with van der Waals surface area (Å²) in [6, 6.07) is 10.5. The lowest BCUT2D eigenvalue weighted by molar-refractivity contribution is 0.254. The van der Waals surface area contributed by atoms with E-state index in [1.807, 2.05) is 36.9 Å². The molecule has 0 amide bonds. The molecule has 0 bridgehead atoms. The highest BCUT2D eigenvalue weighted by atomic mass is 32.2. The molecule has 2 N–H and O–H groups in total.